The summed E-state index contributed by atoms with van der Waals surface area (Å²) in [6, 6.07) is 18.7. The minimum absolute atomic E-state index is 0.298. The zero-order chi connectivity index (χ0) is 21.9. The van der Waals surface area contributed by atoms with Crippen LogP contribution in [0.3, 0.4) is 0 Å². The van der Waals surface area contributed by atoms with Crippen LogP contribution in [0, 0.1) is 0 Å². The van der Waals surface area contributed by atoms with Crippen LogP contribution < -0.4 is 5.32 Å². The quantitative estimate of drug-likeness (QED) is 0.422. The van der Waals surface area contributed by atoms with Gasteiger partial charge in [0, 0.05) is 24.2 Å². The summed E-state index contributed by atoms with van der Waals surface area (Å²) >= 11 is 5.90. The fraction of sp³-hybridized carbons (Fsp3) is 0.0417. The van der Waals surface area contributed by atoms with Gasteiger partial charge in [-0.1, -0.05) is 41.9 Å². The first kappa shape index (κ1) is 19.8. The molecule has 0 unspecified atom stereocenters. The van der Waals surface area contributed by atoms with E-state index < -0.39 is 0 Å². The maximum atomic E-state index is 13.2. The Morgan fingerprint density at radius 2 is 1.81 bits per heavy atom. The van der Waals surface area contributed by atoms with Crippen molar-refractivity contribution in [3.63, 3.8) is 0 Å². The summed E-state index contributed by atoms with van der Waals surface area (Å²) < 4.78 is 1.79. The Morgan fingerprint density at radius 3 is 2.56 bits per heavy atom. The first-order valence-electron chi connectivity index (χ1n) is 9.91. The van der Waals surface area contributed by atoms with Gasteiger partial charge in [0.25, 0.3) is 5.91 Å². The average molecular weight is 441 g/mol. The molecule has 0 atom stereocenters. The Morgan fingerprint density at radius 1 is 1.00 bits per heavy atom. The summed E-state index contributed by atoms with van der Waals surface area (Å²) in [5.74, 6) is 0.114. The summed E-state index contributed by atoms with van der Waals surface area (Å²) in [7, 11) is 0. The largest absolute Gasteiger partial charge is 0.307 e. The Balaban J connectivity index is 1.60. The molecule has 0 bridgehead atoms. The molecular formula is C24H17ClN6O. The molecule has 4 aromatic heterocycles. The molecule has 4 heterocycles. The van der Waals surface area contributed by atoms with Gasteiger partial charge in [-0.05, 0) is 35.9 Å². The lowest BCUT2D eigenvalue weighted by Crippen LogP contribution is -2.14. The van der Waals surface area contributed by atoms with Crippen molar-refractivity contribution in [1.82, 2.24) is 24.7 Å². The van der Waals surface area contributed by atoms with Crippen LogP contribution in [0.1, 0.15) is 15.9 Å². The lowest BCUT2D eigenvalue weighted by atomic mass is 10.1. The number of rotatable bonds is 5. The lowest BCUT2D eigenvalue weighted by molar-refractivity contribution is 0.102. The Hall–Kier alpha value is -4.10. The van der Waals surface area contributed by atoms with Crippen LogP contribution in [0.5, 0.6) is 0 Å². The molecule has 7 nitrogen and oxygen atoms in total. The van der Waals surface area contributed by atoms with Crippen LogP contribution >= 0.6 is 11.6 Å². The van der Waals surface area contributed by atoms with Crippen molar-refractivity contribution < 1.29 is 4.79 Å². The highest BCUT2D eigenvalue weighted by Crippen LogP contribution is 2.26. The lowest BCUT2D eigenvalue weighted by Gasteiger charge is -2.10. The standard InChI is InChI=1S/C24H17ClN6O/c25-18-6-7-22(27-13-18)30-24(32)19-12-21(17-4-2-1-3-5-17)29-23-20(19)14-28-31(23)15-16-8-10-26-11-9-16/h1-14H,15H2,(H,27,30,32). The van der Waals surface area contributed by atoms with Crippen LogP contribution in [0.15, 0.2) is 85.5 Å². The van der Waals surface area contributed by atoms with Gasteiger partial charge in [-0.15, -0.1) is 0 Å². The third-order valence-electron chi connectivity index (χ3n) is 4.97. The fourth-order valence-corrected chi connectivity index (χ4v) is 3.51. The number of benzene rings is 1. The highest BCUT2D eigenvalue weighted by molar-refractivity contribution is 6.30. The van der Waals surface area contributed by atoms with E-state index in [1.807, 2.05) is 42.5 Å². The van der Waals surface area contributed by atoms with E-state index in [0.29, 0.717) is 39.7 Å². The van der Waals surface area contributed by atoms with Gasteiger partial charge in [0.15, 0.2) is 5.65 Å². The second-order valence-electron chi connectivity index (χ2n) is 7.13. The molecule has 5 rings (SSSR count). The van der Waals surface area contributed by atoms with Crippen molar-refractivity contribution in [2.45, 2.75) is 6.54 Å². The second-order valence-corrected chi connectivity index (χ2v) is 7.57. The van der Waals surface area contributed by atoms with E-state index in [0.717, 1.165) is 11.1 Å². The molecule has 156 valence electrons. The Bertz CT molecular complexity index is 1390. The van der Waals surface area contributed by atoms with Crippen molar-refractivity contribution in [3.8, 4) is 11.3 Å². The molecule has 0 spiro atoms. The van der Waals surface area contributed by atoms with Gasteiger partial charge in [0.1, 0.15) is 5.82 Å². The van der Waals surface area contributed by atoms with Crippen LogP contribution in [0.4, 0.5) is 5.82 Å². The number of halogens is 1. The highest BCUT2D eigenvalue weighted by Gasteiger charge is 2.18. The van der Waals surface area contributed by atoms with Crippen molar-refractivity contribution in [3.05, 3.63) is 102 Å². The van der Waals surface area contributed by atoms with Gasteiger partial charge in [-0.2, -0.15) is 5.10 Å². The van der Waals surface area contributed by atoms with E-state index in [2.05, 4.69) is 20.4 Å². The minimum Gasteiger partial charge on any atom is -0.307 e. The van der Waals surface area contributed by atoms with Crippen molar-refractivity contribution in [2.75, 3.05) is 5.32 Å². The first-order chi connectivity index (χ1) is 15.7. The monoisotopic (exact) mass is 440 g/mol. The predicted molar refractivity (Wildman–Crippen MR) is 124 cm³/mol. The Labute approximate surface area is 188 Å². The van der Waals surface area contributed by atoms with E-state index in [1.54, 1.807) is 41.5 Å². The molecule has 0 fully saturated rings. The number of pyridine rings is 3. The number of hydrogen-bond donors (Lipinski definition) is 1. The topological polar surface area (TPSA) is 85.6 Å². The molecule has 0 saturated heterocycles. The van der Waals surface area contributed by atoms with Crippen molar-refractivity contribution in [1.29, 1.82) is 0 Å². The molecule has 0 radical (unpaired) electrons. The zero-order valence-electron chi connectivity index (χ0n) is 16.8. The smallest absolute Gasteiger partial charge is 0.257 e. The summed E-state index contributed by atoms with van der Waals surface area (Å²) in [5.41, 5.74) is 3.71. The van der Waals surface area contributed by atoms with Gasteiger partial charge in [-0.25, -0.2) is 14.6 Å². The molecule has 5 aromatic rings. The molecule has 0 aliphatic carbocycles. The number of nitrogens with zero attached hydrogens (tertiary/aromatic N) is 5. The first-order valence-corrected chi connectivity index (χ1v) is 10.3. The van der Waals surface area contributed by atoms with Gasteiger partial charge in [0.05, 0.1) is 34.4 Å². The van der Waals surface area contributed by atoms with Crippen LogP contribution in [0.25, 0.3) is 22.3 Å². The van der Waals surface area contributed by atoms with E-state index in [1.165, 1.54) is 6.20 Å². The average Bonchev–Trinajstić information content (AvgIpc) is 3.23. The van der Waals surface area contributed by atoms with Gasteiger partial charge in [0.2, 0.25) is 0 Å². The number of amides is 1. The summed E-state index contributed by atoms with van der Waals surface area (Å²) in [4.78, 5) is 26.3. The van der Waals surface area contributed by atoms with Crippen LogP contribution in [0.2, 0.25) is 5.02 Å². The number of carbonyl (C=O) groups excluding carboxylic acids is 1. The SMILES string of the molecule is O=C(Nc1ccc(Cl)cn1)c1cc(-c2ccccc2)nc2c1cnn2Cc1ccncc1. The van der Waals surface area contributed by atoms with Gasteiger partial charge >= 0.3 is 0 Å². The molecule has 0 saturated carbocycles. The second kappa shape index (κ2) is 8.56. The fourth-order valence-electron chi connectivity index (χ4n) is 3.40. The van der Waals surface area contributed by atoms with E-state index >= 15 is 0 Å². The molecule has 1 aromatic carbocycles. The number of carbonyl (C=O) groups is 1. The molecule has 32 heavy (non-hydrogen) atoms. The predicted octanol–water partition coefficient (Wildman–Crippen LogP) is 4.84. The summed E-state index contributed by atoms with van der Waals surface area (Å²) in [6.07, 6.45) is 6.63. The zero-order valence-corrected chi connectivity index (χ0v) is 17.6. The third kappa shape index (κ3) is 4.06. The minimum atomic E-state index is -0.298. The summed E-state index contributed by atoms with van der Waals surface area (Å²) in [5, 5.41) is 8.50. The van der Waals surface area contributed by atoms with Crippen molar-refractivity contribution in [2.24, 2.45) is 0 Å². The molecule has 0 aliphatic heterocycles. The number of nitrogens with one attached hydrogen (secondary N) is 1. The van der Waals surface area contributed by atoms with Gasteiger partial charge in [-0.3, -0.25) is 9.78 Å². The summed E-state index contributed by atoms with van der Waals surface area (Å²) in [6.45, 7) is 0.511. The van der Waals surface area contributed by atoms with Crippen LogP contribution in [-0.2, 0) is 6.54 Å². The number of aromatic nitrogens is 5. The molecule has 8 heteroatoms. The molecule has 0 aliphatic rings. The number of hydrogen-bond acceptors (Lipinski definition) is 5. The van der Waals surface area contributed by atoms with E-state index in [9.17, 15) is 4.79 Å². The third-order valence-corrected chi connectivity index (χ3v) is 5.20. The number of fused-ring (bicyclic) bond motifs is 1. The van der Waals surface area contributed by atoms with Crippen LogP contribution in [-0.4, -0.2) is 30.6 Å². The molecule has 1 amide bonds. The Kier molecular flexibility index (Phi) is 5.31. The maximum Gasteiger partial charge on any atom is 0.257 e. The van der Waals surface area contributed by atoms with E-state index in [4.69, 9.17) is 16.6 Å². The normalized spacial score (nSPS) is 10.9. The van der Waals surface area contributed by atoms with Crippen molar-refractivity contribution >= 4 is 34.4 Å². The maximum absolute atomic E-state index is 13.2. The highest BCUT2D eigenvalue weighted by atomic mass is 35.5. The molecular weight excluding hydrogens is 424 g/mol. The van der Waals surface area contributed by atoms with E-state index in [-0.39, 0.29) is 5.91 Å². The van der Waals surface area contributed by atoms with Gasteiger partial charge < -0.3 is 5.32 Å². The molecule has 1 N–H and O–H groups in total. The number of anilines is 1.